The average molecular weight is 616 g/mol. The highest BCUT2D eigenvalue weighted by Gasteiger charge is 2.56. The van der Waals surface area contributed by atoms with Crippen molar-refractivity contribution >= 4 is 29.0 Å². The molecule has 46 heavy (non-hydrogen) atoms. The van der Waals surface area contributed by atoms with E-state index in [9.17, 15) is 4.79 Å². The molecule has 0 bridgehead atoms. The Balaban J connectivity index is 1.48. The lowest BCUT2D eigenvalue weighted by molar-refractivity contribution is 0.0525. The molecule has 0 aliphatic carbocycles. The second kappa shape index (κ2) is 12.9. The summed E-state index contributed by atoms with van der Waals surface area (Å²) in [5.41, 5.74) is 10.6. The molecule has 1 spiro atoms. The lowest BCUT2D eigenvalue weighted by Crippen LogP contribution is -2.54. The number of hydrazine groups is 1. The number of nitrogens with zero attached hydrogens (tertiary/aromatic N) is 4. The van der Waals surface area contributed by atoms with Gasteiger partial charge in [0.25, 0.3) is 5.91 Å². The summed E-state index contributed by atoms with van der Waals surface area (Å²) in [4.78, 5) is 21.1. The molecule has 4 aromatic rings. The van der Waals surface area contributed by atoms with Crippen molar-refractivity contribution in [2.75, 3.05) is 61.5 Å². The summed E-state index contributed by atoms with van der Waals surface area (Å²) in [6.07, 6.45) is 4.16. The van der Waals surface area contributed by atoms with Crippen LogP contribution in [-0.2, 0) is 5.54 Å². The topological polar surface area (TPSA) is 51.3 Å². The van der Waals surface area contributed by atoms with Crippen LogP contribution in [0.4, 0.5) is 17.1 Å². The first kappa shape index (κ1) is 31.2. The van der Waals surface area contributed by atoms with Crippen LogP contribution in [0.5, 0.6) is 11.5 Å². The second-order valence-electron chi connectivity index (χ2n) is 12.0. The molecule has 0 aromatic heterocycles. The lowest BCUT2D eigenvalue weighted by Gasteiger charge is -2.44. The van der Waals surface area contributed by atoms with Crippen LogP contribution in [0.25, 0.3) is 6.08 Å². The van der Waals surface area contributed by atoms with Crippen molar-refractivity contribution in [2.45, 2.75) is 33.2 Å². The van der Waals surface area contributed by atoms with E-state index in [-0.39, 0.29) is 5.91 Å². The number of hydrogen-bond donors (Lipinski definition) is 1. The number of benzene rings is 4. The first-order valence-electron chi connectivity index (χ1n) is 16.5. The van der Waals surface area contributed by atoms with E-state index >= 15 is 0 Å². The van der Waals surface area contributed by atoms with Crippen LogP contribution < -0.4 is 24.9 Å². The van der Waals surface area contributed by atoms with Crippen LogP contribution in [0.15, 0.2) is 91.0 Å². The Morgan fingerprint density at radius 2 is 1.26 bits per heavy atom. The van der Waals surface area contributed by atoms with E-state index in [1.165, 1.54) is 0 Å². The van der Waals surface area contributed by atoms with Gasteiger partial charge in [-0.05, 0) is 63.6 Å². The number of ether oxygens (including phenoxy) is 1. The fourth-order valence-electron chi connectivity index (χ4n) is 6.95. The summed E-state index contributed by atoms with van der Waals surface area (Å²) in [7, 11) is 4.08. The van der Waals surface area contributed by atoms with Crippen molar-refractivity contribution < 1.29 is 9.53 Å². The van der Waals surface area contributed by atoms with Crippen LogP contribution >= 0.6 is 0 Å². The molecular formula is C39H45N5O2. The lowest BCUT2D eigenvalue weighted by atomic mass is 9.75. The Morgan fingerprint density at radius 3 is 1.80 bits per heavy atom. The molecule has 1 amide bonds. The highest BCUT2D eigenvalue weighted by atomic mass is 16.5. The summed E-state index contributed by atoms with van der Waals surface area (Å²) in [6.45, 7) is 12.7. The first-order valence-corrected chi connectivity index (χ1v) is 16.5. The molecule has 0 saturated carbocycles. The number of hydrogen-bond acceptors (Lipinski definition) is 6. The van der Waals surface area contributed by atoms with E-state index in [0.29, 0.717) is 12.1 Å². The Hall–Kier alpha value is -4.75. The third kappa shape index (κ3) is 5.18. The van der Waals surface area contributed by atoms with Crippen molar-refractivity contribution in [3.8, 4) is 11.5 Å². The number of rotatable bonds is 11. The second-order valence-corrected chi connectivity index (χ2v) is 12.0. The monoisotopic (exact) mass is 615 g/mol. The van der Waals surface area contributed by atoms with Crippen LogP contribution in [0.3, 0.4) is 0 Å². The standard InChI is InChI=1S/C39H45N5O2/c1-7-42(8-2)30-21-23-34-36(26-30)46-37-27-31(43(9-3)10-4)22-24-35(37)39(34)33-16-12-11-15-32(33)38(45)44(39)40-25-13-14-28-17-19-29(20-18-28)41(5)6/h11-24,26-27,40H,7-10,25H2,1-6H3/b14-13+. The molecule has 0 saturated heterocycles. The first-order chi connectivity index (χ1) is 22.4. The predicted octanol–water partition coefficient (Wildman–Crippen LogP) is 7.52. The maximum Gasteiger partial charge on any atom is 0.269 e. The van der Waals surface area contributed by atoms with Gasteiger partial charge in [-0.1, -0.05) is 54.6 Å². The van der Waals surface area contributed by atoms with E-state index in [4.69, 9.17) is 4.74 Å². The zero-order valence-electron chi connectivity index (χ0n) is 27.9. The molecule has 238 valence electrons. The zero-order chi connectivity index (χ0) is 32.4. The van der Waals surface area contributed by atoms with Gasteiger partial charge in [0.1, 0.15) is 17.0 Å². The third-order valence-corrected chi connectivity index (χ3v) is 9.36. The SMILES string of the molecule is CCN(CC)c1ccc2c(c1)Oc1cc(N(CC)CC)ccc1C21c2ccccc2C(=O)N1NC/C=C/c1ccc(N(C)C)cc1. The summed E-state index contributed by atoms with van der Waals surface area (Å²) < 4.78 is 6.80. The molecule has 4 aromatic carbocycles. The number of nitrogens with one attached hydrogen (secondary N) is 1. The van der Waals surface area contributed by atoms with Gasteiger partial charge in [-0.15, -0.1) is 0 Å². The number of amides is 1. The maximum absolute atomic E-state index is 14.4. The minimum absolute atomic E-state index is 0.0567. The molecule has 2 heterocycles. The van der Waals surface area contributed by atoms with E-state index in [1.807, 2.05) is 37.3 Å². The van der Waals surface area contributed by atoms with Gasteiger partial charge in [-0.25, -0.2) is 5.43 Å². The summed E-state index contributed by atoms with van der Waals surface area (Å²) >= 11 is 0. The molecule has 7 heteroatoms. The molecule has 2 aliphatic rings. The number of anilines is 3. The van der Waals surface area contributed by atoms with E-state index in [0.717, 1.165) is 77.0 Å². The summed E-state index contributed by atoms with van der Waals surface area (Å²) in [5.74, 6) is 1.47. The normalized spacial score (nSPS) is 14.2. The molecule has 0 radical (unpaired) electrons. The minimum atomic E-state index is -0.915. The summed E-state index contributed by atoms with van der Waals surface area (Å²) in [6, 6.07) is 29.3. The quantitative estimate of drug-likeness (QED) is 0.188. The number of carbonyl (C=O) groups is 1. The summed E-state index contributed by atoms with van der Waals surface area (Å²) in [5, 5.41) is 1.84. The molecule has 2 aliphatic heterocycles. The van der Waals surface area contributed by atoms with Crippen molar-refractivity contribution in [3.05, 3.63) is 119 Å². The van der Waals surface area contributed by atoms with Gasteiger partial charge in [0.05, 0.1) is 0 Å². The van der Waals surface area contributed by atoms with E-state index in [2.05, 4.69) is 127 Å². The largest absolute Gasteiger partial charge is 0.456 e. The van der Waals surface area contributed by atoms with Crippen LogP contribution in [0, 0.1) is 0 Å². The van der Waals surface area contributed by atoms with Gasteiger partial charge >= 0.3 is 0 Å². The Bertz CT molecular complexity index is 1680. The Labute approximate surface area is 273 Å². The molecule has 0 fully saturated rings. The van der Waals surface area contributed by atoms with Gasteiger partial charge in [-0.2, -0.15) is 0 Å². The Kier molecular flexibility index (Phi) is 8.78. The molecule has 1 N–H and O–H groups in total. The number of carbonyl (C=O) groups excluding carboxylic acids is 1. The molecule has 6 rings (SSSR count). The van der Waals surface area contributed by atoms with Crippen molar-refractivity contribution in [1.29, 1.82) is 0 Å². The zero-order valence-corrected chi connectivity index (χ0v) is 27.9. The molecule has 7 nitrogen and oxygen atoms in total. The fraction of sp³-hybridized carbons (Fsp3) is 0.308. The maximum atomic E-state index is 14.4. The molecular weight excluding hydrogens is 570 g/mol. The van der Waals surface area contributed by atoms with Gasteiger partial charge in [0, 0.05) is 98.3 Å². The Morgan fingerprint density at radius 1 is 0.717 bits per heavy atom. The van der Waals surface area contributed by atoms with Gasteiger partial charge in [0.15, 0.2) is 0 Å². The third-order valence-electron chi connectivity index (χ3n) is 9.36. The predicted molar refractivity (Wildman–Crippen MR) is 190 cm³/mol. The van der Waals surface area contributed by atoms with E-state index < -0.39 is 5.54 Å². The molecule has 0 atom stereocenters. The average Bonchev–Trinajstić information content (AvgIpc) is 3.32. The van der Waals surface area contributed by atoms with Gasteiger partial charge in [-0.3, -0.25) is 9.80 Å². The van der Waals surface area contributed by atoms with Gasteiger partial charge < -0.3 is 19.4 Å². The number of fused-ring (bicyclic) bond motifs is 6. The van der Waals surface area contributed by atoms with Crippen LogP contribution in [-0.4, -0.2) is 57.7 Å². The molecule has 0 unspecified atom stereocenters. The highest BCUT2D eigenvalue weighted by molar-refractivity contribution is 6.02. The van der Waals surface area contributed by atoms with E-state index in [1.54, 1.807) is 0 Å². The van der Waals surface area contributed by atoms with Crippen LogP contribution in [0.2, 0.25) is 0 Å². The van der Waals surface area contributed by atoms with Crippen molar-refractivity contribution in [2.24, 2.45) is 0 Å². The minimum Gasteiger partial charge on any atom is -0.456 e. The van der Waals surface area contributed by atoms with Gasteiger partial charge in [0.2, 0.25) is 0 Å². The smallest absolute Gasteiger partial charge is 0.269 e. The fourth-order valence-corrected chi connectivity index (χ4v) is 6.95. The highest BCUT2D eigenvalue weighted by Crippen LogP contribution is 2.57. The van der Waals surface area contributed by atoms with Crippen molar-refractivity contribution in [1.82, 2.24) is 10.4 Å². The van der Waals surface area contributed by atoms with Crippen LogP contribution in [0.1, 0.15) is 60.3 Å². The van der Waals surface area contributed by atoms with Crippen molar-refractivity contribution in [3.63, 3.8) is 0 Å².